The van der Waals surface area contributed by atoms with Gasteiger partial charge in [0.05, 0.1) is 0 Å². The first kappa shape index (κ1) is 10.4. The van der Waals surface area contributed by atoms with Crippen LogP contribution >= 0.6 is 24.0 Å². The summed E-state index contributed by atoms with van der Waals surface area (Å²) in [6.45, 7) is 2.45. The Hall–Kier alpha value is 1.35. The molecule has 0 heterocycles. The molecular weight excluding hydrogens is 276 g/mol. The van der Waals surface area contributed by atoms with E-state index in [0.29, 0.717) is 0 Å². The molecular formula is C7H14IZn. The molecule has 1 aliphatic carbocycles. The molecule has 0 N–H and O–H groups in total. The average molecular weight is 290 g/mol. The molecule has 1 rings (SSSR count). The Morgan fingerprint density at radius 3 is 2.00 bits per heavy atom. The van der Waals surface area contributed by atoms with Crippen molar-refractivity contribution in [1.82, 2.24) is 0 Å². The SMILES string of the molecule is CC1([CH2][Zn])CCCC1.I. The standard InChI is InChI=1S/C7H13.HI.Zn/c1-7(2)5-3-4-6-7;;/h1,3-6H2,2H3;1H;. The van der Waals surface area contributed by atoms with Crippen molar-refractivity contribution in [3.8, 4) is 0 Å². The third-order valence-electron chi connectivity index (χ3n) is 2.41. The summed E-state index contributed by atoms with van der Waals surface area (Å²) >= 11 is 1.50. The van der Waals surface area contributed by atoms with Gasteiger partial charge in [0, 0.05) is 0 Å². The summed E-state index contributed by atoms with van der Waals surface area (Å²) in [5, 5.41) is 1.51. The van der Waals surface area contributed by atoms with E-state index in [2.05, 4.69) is 6.92 Å². The van der Waals surface area contributed by atoms with Gasteiger partial charge in [-0.05, 0) is 0 Å². The van der Waals surface area contributed by atoms with E-state index < -0.39 is 0 Å². The van der Waals surface area contributed by atoms with Crippen LogP contribution in [-0.4, -0.2) is 0 Å². The predicted molar refractivity (Wildman–Crippen MR) is 46.8 cm³/mol. The molecule has 1 aliphatic rings. The molecule has 0 atom stereocenters. The molecule has 0 aliphatic heterocycles. The minimum absolute atomic E-state index is 0. The van der Waals surface area contributed by atoms with E-state index in [-0.39, 0.29) is 24.0 Å². The Balaban J connectivity index is 0.000000640. The second-order valence-electron chi connectivity index (χ2n) is 3.27. The number of hydrogen-bond donors (Lipinski definition) is 0. The number of hydrogen-bond acceptors (Lipinski definition) is 0. The van der Waals surface area contributed by atoms with E-state index in [1.54, 1.807) is 0 Å². The summed E-state index contributed by atoms with van der Waals surface area (Å²) in [6.07, 6.45) is 6.01. The van der Waals surface area contributed by atoms with Crippen molar-refractivity contribution >= 4 is 24.0 Å². The van der Waals surface area contributed by atoms with Crippen molar-refractivity contribution in [2.24, 2.45) is 5.41 Å². The van der Waals surface area contributed by atoms with Gasteiger partial charge in [0.25, 0.3) is 0 Å². The summed E-state index contributed by atoms with van der Waals surface area (Å²) < 4.78 is 0. The van der Waals surface area contributed by atoms with E-state index in [0.717, 1.165) is 5.41 Å². The van der Waals surface area contributed by atoms with Crippen LogP contribution in [0.25, 0.3) is 0 Å². The summed E-state index contributed by atoms with van der Waals surface area (Å²) in [5.41, 5.74) is 0.792. The Morgan fingerprint density at radius 1 is 1.33 bits per heavy atom. The summed E-state index contributed by atoms with van der Waals surface area (Å²) in [4.78, 5) is 0. The van der Waals surface area contributed by atoms with Crippen LogP contribution in [0.2, 0.25) is 5.02 Å². The zero-order chi connectivity index (χ0) is 6.04. The molecule has 0 aromatic heterocycles. The van der Waals surface area contributed by atoms with E-state index in [4.69, 9.17) is 0 Å². The Bertz CT molecular complexity index is 77.0. The molecule has 2 heteroatoms. The molecule has 0 saturated heterocycles. The van der Waals surface area contributed by atoms with Gasteiger partial charge in [-0.3, -0.25) is 0 Å². The first-order chi connectivity index (χ1) is 3.77. The molecule has 0 spiro atoms. The van der Waals surface area contributed by atoms with E-state index in [9.17, 15) is 0 Å². The molecule has 9 heavy (non-hydrogen) atoms. The molecule has 0 bridgehead atoms. The second-order valence-corrected chi connectivity index (χ2v) is 4.32. The van der Waals surface area contributed by atoms with Crippen LogP contribution in [-0.2, 0) is 18.3 Å². The minimum Gasteiger partial charge on any atom is -0.107 e. The third-order valence-corrected chi connectivity index (χ3v) is 4.95. The predicted octanol–water partition coefficient (Wildman–Crippen LogP) is 3.15. The average Bonchev–Trinajstić information content (AvgIpc) is 2.17. The molecule has 0 nitrogen and oxygen atoms in total. The summed E-state index contributed by atoms with van der Waals surface area (Å²) in [7, 11) is 0. The van der Waals surface area contributed by atoms with Crippen LogP contribution in [0.15, 0.2) is 0 Å². The van der Waals surface area contributed by atoms with Crippen LogP contribution in [0.5, 0.6) is 0 Å². The monoisotopic (exact) mass is 289 g/mol. The van der Waals surface area contributed by atoms with Crippen LogP contribution in [0, 0.1) is 5.41 Å². The zero-order valence-corrected chi connectivity index (χ0v) is 11.4. The maximum atomic E-state index is 2.45. The van der Waals surface area contributed by atoms with Crippen molar-refractivity contribution in [3.63, 3.8) is 0 Å². The van der Waals surface area contributed by atoms with Gasteiger partial charge >= 0.3 is 61.3 Å². The molecule has 51 valence electrons. The zero-order valence-electron chi connectivity index (χ0n) is 6.15. The van der Waals surface area contributed by atoms with Crippen molar-refractivity contribution in [1.29, 1.82) is 0 Å². The third kappa shape index (κ3) is 2.84. The van der Waals surface area contributed by atoms with Crippen molar-refractivity contribution < 1.29 is 18.3 Å². The fourth-order valence-electron chi connectivity index (χ4n) is 1.48. The fraction of sp³-hybridized carbons (Fsp3) is 1.00. The normalized spacial score (nSPS) is 23.4. The summed E-state index contributed by atoms with van der Waals surface area (Å²) in [6, 6.07) is 0. The van der Waals surface area contributed by atoms with Crippen molar-refractivity contribution in [3.05, 3.63) is 0 Å². The first-order valence-corrected chi connectivity index (χ1v) is 5.66. The molecule has 0 amide bonds. The van der Waals surface area contributed by atoms with Crippen LogP contribution in [0.4, 0.5) is 0 Å². The van der Waals surface area contributed by atoms with Gasteiger partial charge in [-0.15, -0.1) is 24.0 Å². The van der Waals surface area contributed by atoms with Crippen LogP contribution in [0.1, 0.15) is 32.6 Å². The van der Waals surface area contributed by atoms with Gasteiger partial charge in [-0.25, -0.2) is 0 Å². The fourth-order valence-corrected chi connectivity index (χ4v) is 2.53. The largest absolute Gasteiger partial charge is 0.107 e. The van der Waals surface area contributed by atoms with Crippen molar-refractivity contribution in [2.75, 3.05) is 0 Å². The Morgan fingerprint density at radius 2 is 1.78 bits per heavy atom. The Labute approximate surface area is 84.9 Å². The molecule has 1 saturated carbocycles. The molecule has 1 fully saturated rings. The van der Waals surface area contributed by atoms with Gasteiger partial charge in [0.15, 0.2) is 0 Å². The maximum absolute atomic E-state index is 2.45. The molecule has 0 aromatic rings. The van der Waals surface area contributed by atoms with E-state index in [1.807, 2.05) is 0 Å². The van der Waals surface area contributed by atoms with Gasteiger partial charge in [0.1, 0.15) is 0 Å². The molecule has 0 aromatic carbocycles. The second kappa shape index (κ2) is 4.28. The number of rotatable bonds is 1. The van der Waals surface area contributed by atoms with E-state index >= 15 is 0 Å². The number of halogens is 1. The van der Waals surface area contributed by atoms with Gasteiger partial charge in [-0.2, -0.15) is 0 Å². The quantitative estimate of drug-likeness (QED) is 0.514. The minimum atomic E-state index is 0. The Kier molecular flexibility index (Phi) is 4.92. The molecule has 0 radical (unpaired) electrons. The van der Waals surface area contributed by atoms with Gasteiger partial charge in [0.2, 0.25) is 0 Å². The smallest absolute Gasteiger partial charge is 0.107 e. The van der Waals surface area contributed by atoms with Crippen LogP contribution in [0.3, 0.4) is 0 Å². The molecule has 0 unspecified atom stereocenters. The van der Waals surface area contributed by atoms with E-state index in [1.165, 1.54) is 49.0 Å². The maximum Gasteiger partial charge on any atom is -0.107 e. The van der Waals surface area contributed by atoms with Gasteiger partial charge < -0.3 is 0 Å². The summed E-state index contributed by atoms with van der Waals surface area (Å²) in [5.74, 6) is 0. The first-order valence-electron chi connectivity index (χ1n) is 3.56. The topological polar surface area (TPSA) is 0 Å². The van der Waals surface area contributed by atoms with Crippen molar-refractivity contribution in [2.45, 2.75) is 37.6 Å². The van der Waals surface area contributed by atoms with Crippen LogP contribution < -0.4 is 0 Å². The van der Waals surface area contributed by atoms with Gasteiger partial charge in [-0.1, -0.05) is 0 Å².